The van der Waals surface area contributed by atoms with Gasteiger partial charge in [0.15, 0.2) is 0 Å². The van der Waals surface area contributed by atoms with Crippen LogP contribution in [0.5, 0.6) is 5.75 Å². The number of rotatable bonds is 1. The quantitative estimate of drug-likeness (QED) is 0.762. The smallest absolute Gasteiger partial charge is 0.420 e. The highest BCUT2D eigenvalue weighted by molar-refractivity contribution is 5.45. The molecule has 0 saturated carbocycles. The van der Waals surface area contributed by atoms with Gasteiger partial charge in [-0.15, -0.1) is 0 Å². The van der Waals surface area contributed by atoms with E-state index in [4.69, 9.17) is 10.2 Å². The van der Waals surface area contributed by atoms with E-state index in [-0.39, 0.29) is 12.1 Å². The van der Waals surface area contributed by atoms with E-state index in [0.717, 1.165) is 0 Å². The number of aromatic hydroxyl groups is 1. The van der Waals surface area contributed by atoms with Gasteiger partial charge < -0.3 is 10.2 Å². The lowest BCUT2D eigenvalue weighted by atomic mass is 10.0. The SMILES string of the molecule is OCc1cc(C(F)(F)F)cc(O)c1C(F)(F)F. The minimum absolute atomic E-state index is 0.0258. The molecule has 1 aromatic rings. The second-order valence-electron chi connectivity index (χ2n) is 3.18. The fraction of sp³-hybridized carbons (Fsp3) is 0.333. The molecule has 0 fully saturated rings. The van der Waals surface area contributed by atoms with E-state index in [1.807, 2.05) is 0 Å². The van der Waals surface area contributed by atoms with Gasteiger partial charge in [0, 0.05) is 0 Å². The summed E-state index contributed by atoms with van der Waals surface area (Å²) in [5, 5.41) is 17.6. The summed E-state index contributed by atoms with van der Waals surface area (Å²) in [5.74, 6) is -1.56. The normalized spacial score (nSPS) is 12.9. The molecule has 0 aliphatic rings. The van der Waals surface area contributed by atoms with Crippen molar-refractivity contribution in [2.75, 3.05) is 0 Å². The summed E-state index contributed by atoms with van der Waals surface area (Å²) < 4.78 is 73.8. The van der Waals surface area contributed by atoms with Crippen LogP contribution in [0.3, 0.4) is 0 Å². The monoisotopic (exact) mass is 260 g/mol. The highest BCUT2D eigenvalue weighted by Crippen LogP contribution is 2.42. The van der Waals surface area contributed by atoms with E-state index in [9.17, 15) is 26.3 Å². The molecule has 0 heterocycles. The van der Waals surface area contributed by atoms with Crippen LogP contribution in [0.25, 0.3) is 0 Å². The Kier molecular flexibility index (Phi) is 3.28. The zero-order valence-corrected chi connectivity index (χ0v) is 8.02. The Balaban J connectivity index is 3.47. The van der Waals surface area contributed by atoms with Crippen molar-refractivity contribution >= 4 is 0 Å². The van der Waals surface area contributed by atoms with Crippen molar-refractivity contribution in [2.24, 2.45) is 0 Å². The van der Waals surface area contributed by atoms with Crippen LogP contribution in [0.4, 0.5) is 26.3 Å². The van der Waals surface area contributed by atoms with Gasteiger partial charge in [-0.1, -0.05) is 0 Å². The lowest BCUT2D eigenvalue weighted by molar-refractivity contribution is -0.143. The van der Waals surface area contributed by atoms with Crippen LogP contribution < -0.4 is 0 Å². The number of benzene rings is 1. The Labute approximate surface area is 91.1 Å². The van der Waals surface area contributed by atoms with E-state index in [1.54, 1.807) is 0 Å². The van der Waals surface area contributed by atoms with Crippen LogP contribution in [-0.4, -0.2) is 10.2 Å². The molecule has 0 spiro atoms. The van der Waals surface area contributed by atoms with E-state index in [2.05, 4.69) is 0 Å². The molecule has 1 aromatic carbocycles. The van der Waals surface area contributed by atoms with E-state index >= 15 is 0 Å². The third kappa shape index (κ3) is 2.82. The number of aliphatic hydroxyl groups is 1. The summed E-state index contributed by atoms with van der Waals surface area (Å²) in [6, 6.07) is 0.129. The number of halogens is 6. The van der Waals surface area contributed by atoms with Crippen molar-refractivity contribution in [2.45, 2.75) is 19.0 Å². The predicted octanol–water partition coefficient (Wildman–Crippen LogP) is 2.92. The van der Waals surface area contributed by atoms with Crippen LogP contribution in [0.15, 0.2) is 12.1 Å². The molecule has 0 bridgehead atoms. The molecule has 0 aromatic heterocycles. The fourth-order valence-corrected chi connectivity index (χ4v) is 1.30. The molecule has 17 heavy (non-hydrogen) atoms. The zero-order valence-electron chi connectivity index (χ0n) is 8.02. The standard InChI is InChI=1S/C9H6F6O2/c10-8(11,12)5-1-4(3-16)7(6(17)2-5)9(13,14)15/h1-2,16-17H,3H2. The maximum Gasteiger partial charge on any atom is 0.420 e. The molecule has 2 N–H and O–H groups in total. The molecule has 2 nitrogen and oxygen atoms in total. The van der Waals surface area contributed by atoms with Crippen molar-refractivity contribution in [1.82, 2.24) is 0 Å². The van der Waals surface area contributed by atoms with Crippen LogP contribution in [0.2, 0.25) is 0 Å². The van der Waals surface area contributed by atoms with Gasteiger partial charge >= 0.3 is 12.4 Å². The van der Waals surface area contributed by atoms with Crippen molar-refractivity contribution in [1.29, 1.82) is 0 Å². The van der Waals surface area contributed by atoms with Gasteiger partial charge in [-0.2, -0.15) is 26.3 Å². The second-order valence-corrected chi connectivity index (χ2v) is 3.18. The molecule has 0 amide bonds. The first-order chi connectivity index (χ1) is 7.57. The molecule has 0 saturated heterocycles. The number of hydrogen-bond acceptors (Lipinski definition) is 2. The Morgan fingerprint density at radius 3 is 1.82 bits per heavy atom. The molecule has 1 rings (SSSR count). The summed E-state index contributed by atoms with van der Waals surface area (Å²) in [5.41, 5.74) is -4.13. The zero-order chi connectivity index (χ0) is 13.4. The lowest BCUT2D eigenvalue weighted by Gasteiger charge is -2.16. The largest absolute Gasteiger partial charge is 0.507 e. The van der Waals surface area contributed by atoms with Gasteiger partial charge in [0.25, 0.3) is 0 Å². The molecule has 8 heteroatoms. The third-order valence-electron chi connectivity index (χ3n) is 1.98. The molecule has 0 unspecified atom stereocenters. The van der Waals surface area contributed by atoms with Crippen LogP contribution in [0.1, 0.15) is 16.7 Å². The highest BCUT2D eigenvalue weighted by atomic mass is 19.4. The van der Waals surface area contributed by atoms with Crippen molar-refractivity contribution in [3.05, 3.63) is 28.8 Å². The Bertz CT molecular complexity index is 421. The van der Waals surface area contributed by atoms with Crippen molar-refractivity contribution in [3.8, 4) is 5.75 Å². The van der Waals surface area contributed by atoms with Crippen molar-refractivity contribution in [3.63, 3.8) is 0 Å². The average Bonchev–Trinajstić information content (AvgIpc) is 2.12. The lowest BCUT2D eigenvalue weighted by Crippen LogP contribution is -2.13. The molecule has 96 valence electrons. The maximum atomic E-state index is 12.4. The number of hydrogen-bond donors (Lipinski definition) is 2. The molecule has 0 atom stereocenters. The minimum Gasteiger partial charge on any atom is -0.507 e. The Morgan fingerprint density at radius 2 is 1.47 bits per heavy atom. The van der Waals surface area contributed by atoms with Crippen LogP contribution in [-0.2, 0) is 19.0 Å². The molecule has 0 aliphatic heterocycles. The topological polar surface area (TPSA) is 40.5 Å². The van der Waals surface area contributed by atoms with E-state index < -0.39 is 41.4 Å². The van der Waals surface area contributed by atoms with Crippen LogP contribution in [0, 0.1) is 0 Å². The maximum absolute atomic E-state index is 12.4. The predicted molar refractivity (Wildman–Crippen MR) is 44.0 cm³/mol. The third-order valence-corrected chi connectivity index (χ3v) is 1.98. The van der Waals surface area contributed by atoms with Gasteiger partial charge in [0.05, 0.1) is 12.2 Å². The minimum atomic E-state index is -5.04. The van der Waals surface area contributed by atoms with Gasteiger partial charge in [0.1, 0.15) is 11.3 Å². The first-order valence-corrected chi connectivity index (χ1v) is 4.18. The summed E-state index contributed by atoms with van der Waals surface area (Å²) >= 11 is 0. The van der Waals surface area contributed by atoms with Gasteiger partial charge in [-0.25, -0.2) is 0 Å². The molecular formula is C9H6F6O2. The molecule has 0 aliphatic carbocycles. The first-order valence-electron chi connectivity index (χ1n) is 4.18. The summed E-state index contributed by atoms with van der Waals surface area (Å²) in [6.07, 6.45) is -9.93. The number of alkyl halides is 6. The molecule has 0 radical (unpaired) electrons. The first kappa shape index (κ1) is 13.6. The second kappa shape index (κ2) is 4.10. The van der Waals surface area contributed by atoms with E-state index in [0.29, 0.717) is 0 Å². The summed E-state index contributed by atoms with van der Waals surface area (Å²) in [6.45, 7) is -1.26. The summed E-state index contributed by atoms with van der Waals surface area (Å²) in [7, 11) is 0. The highest BCUT2D eigenvalue weighted by Gasteiger charge is 2.39. The number of phenolic OH excluding ortho intramolecular Hbond substituents is 1. The van der Waals surface area contributed by atoms with Gasteiger partial charge in [-0.05, 0) is 17.7 Å². The van der Waals surface area contributed by atoms with Crippen molar-refractivity contribution < 1.29 is 36.6 Å². The fourth-order valence-electron chi connectivity index (χ4n) is 1.30. The Hall–Kier alpha value is -1.44. The molecular weight excluding hydrogens is 254 g/mol. The van der Waals surface area contributed by atoms with E-state index in [1.165, 1.54) is 0 Å². The van der Waals surface area contributed by atoms with Crippen LogP contribution >= 0.6 is 0 Å². The number of phenols is 1. The van der Waals surface area contributed by atoms with Gasteiger partial charge in [-0.3, -0.25) is 0 Å². The summed E-state index contributed by atoms with van der Waals surface area (Å²) in [4.78, 5) is 0. The van der Waals surface area contributed by atoms with Gasteiger partial charge in [0.2, 0.25) is 0 Å². The Morgan fingerprint density at radius 1 is 0.941 bits per heavy atom. The average molecular weight is 260 g/mol. The number of aliphatic hydroxyl groups excluding tert-OH is 1.